The van der Waals surface area contributed by atoms with Crippen LogP contribution in [0, 0.1) is 5.82 Å². The second kappa shape index (κ2) is 8.29. The van der Waals surface area contributed by atoms with Crippen molar-refractivity contribution in [2.45, 2.75) is 25.8 Å². The largest absolute Gasteiger partial charge is 0.330 e. The smallest absolute Gasteiger partial charge is 0.141 e. The fraction of sp³-hybridized carbons (Fsp3) is 0.667. The molecule has 5 heteroatoms. The first-order chi connectivity index (χ1) is 9.78. The Hall–Kier alpha value is -1.04. The van der Waals surface area contributed by atoms with E-state index in [1.165, 1.54) is 19.0 Å². The van der Waals surface area contributed by atoms with Gasteiger partial charge >= 0.3 is 0 Å². The maximum absolute atomic E-state index is 13.1. The zero-order valence-corrected chi connectivity index (χ0v) is 12.1. The lowest BCUT2D eigenvalue weighted by atomic mass is 10.2. The molecule has 2 heterocycles. The SMILES string of the molecule is NCCCCN1CCCN(Cc2cncc(F)c2)CC1. The van der Waals surface area contributed by atoms with Gasteiger partial charge in [-0.2, -0.15) is 0 Å². The molecule has 1 aliphatic heterocycles. The molecule has 2 rings (SSSR count). The number of unbranched alkanes of at least 4 members (excludes halogenated alkanes) is 1. The van der Waals surface area contributed by atoms with E-state index in [1.54, 1.807) is 12.3 Å². The minimum atomic E-state index is -0.249. The molecule has 0 radical (unpaired) electrons. The predicted octanol–water partition coefficient (Wildman–Crippen LogP) is 1.47. The Kier molecular flexibility index (Phi) is 6.36. The summed E-state index contributed by atoms with van der Waals surface area (Å²) in [7, 11) is 0. The third-order valence-electron chi connectivity index (χ3n) is 3.78. The Balaban J connectivity index is 1.77. The Morgan fingerprint density at radius 3 is 2.70 bits per heavy atom. The fourth-order valence-electron chi connectivity index (χ4n) is 2.69. The van der Waals surface area contributed by atoms with Crippen LogP contribution in [0.15, 0.2) is 18.5 Å². The third kappa shape index (κ3) is 5.15. The molecule has 1 fully saturated rings. The van der Waals surface area contributed by atoms with Crippen LogP contribution in [-0.4, -0.2) is 54.1 Å². The van der Waals surface area contributed by atoms with Gasteiger partial charge in [-0.1, -0.05) is 0 Å². The fourth-order valence-corrected chi connectivity index (χ4v) is 2.69. The van der Waals surface area contributed by atoms with E-state index in [4.69, 9.17) is 5.73 Å². The Morgan fingerprint density at radius 1 is 1.10 bits per heavy atom. The highest BCUT2D eigenvalue weighted by molar-refractivity contribution is 5.09. The summed E-state index contributed by atoms with van der Waals surface area (Å²) in [5.74, 6) is -0.249. The van der Waals surface area contributed by atoms with Gasteiger partial charge in [0.15, 0.2) is 0 Å². The lowest BCUT2D eigenvalue weighted by molar-refractivity contribution is 0.249. The molecule has 2 N–H and O–H groups in total. The normalized spacial score (nSPS) is 18.1. The van der Waals surface area contributed by atoms with Crippen molar-refractivity contribution in [3.63, 3.8) is 0 Å². The molecule has 1 saturated heterocycles. The highest BCUT2D eigenvalue weighted by atomic mass is 19.1. The molecule has 0 unspecified atom stereocenters. The average Bonchev–Trinajstić information content (AvgIpc) is 2.65. The summed E-state index contributed by atoms with van der Waals surface area (Å²) in [4.78, 5) is 8.82. The zero-order chi connectivity index (χ0) is 14.2. The highest BCUT2D eigenvalue weighted by Crippen LogP contribution is 2.10. The van der Waals surface area contributed by atoms with Crippen LogP contribution < -0.4 is 5.73 Å². The maximum atomic E-state index is 13.1. The van der Waals surface area contributed by atoms with E-state index in [-0.39, 0.29) is 5.82 Å². The van der Waals surface area contributed by atoms with Gasteiger partial charge in [0.05, 0.1) is 6.20 Å². The predicted molar refractivity (Wildman–Crippen MR) is 78.8 cm³/mol. The van der Waals surface area contributed by atoms with Crippen LogP contribution in [0.3, 0.4) is 0 Å². The van der Waals surface area contributed by atoms with Crippen LogP contribution in [0.2, 0.25) is 0 Å². The molecular weight excluding hydrogens is 255 g/mol. The summed E-state index contributed by atoms with van der Waals surface area (Å²) in [6.45, 7) is 7.08. The van der Waals surface area contributed by atoms with Gasteiger partial charge in [-0.3, -0.25) is 9.88 Å². The maximum Gasteiger partial charge on any atom is 0.141 e. The number of halogens is 1. The summed E-state index contributed by atoms with van der Waals surface area (Å²) in [5, 5.41) is 0. The topological polar surface area (TPSA) is 45.4 Å². The van der Waals surface area contributed by atoms with Gasteiger partial charge in [0.2, 0.25) is 0 Å². The molecule has 1 aromatic rings. The first-order valence-electron chi connectivity index (χ1n) is 7.52. The molecule has 4 nitrogen and oxygen atoms in total. The van der Waals surface area contributed by atoms with E-state index in [9.17, 15) is 4.39 Å². The Labute approximate surface area is 120 Å². The lowest BCUT2D eigenvalue weighted by Gasteiger charge is -2.21. The van der Waals surface area contributed by atoms with Crippen LogP contribution in [0.1, 0.15) is 24.8 Å². The van der Waals surface area contributed by atoms with E-state index < -0.39 is 0 Å². The monoisotopic (exact) mass is 280 g/mol. The molecule has 0 bridgehead atoms. The molecule has 1 aromatic heterocycles. The standard InChI is InChI=1S/C15H25FN4/c16-15-10-14(11-18-12-15)13-20-7-3-6-19(8-9-20)5-2-1-4-17/h10-12H,1-9,13,17H2. The number of hydrogen-bond acceptors (Lipinski definition) is 4. The van der Waals surface area contributed by atoms with E-state index in [0.29, 0.717) is 0 Å². The molecule has 112 valence electrons. The van der Waals surface area contributed by atoms with Crippen LogP contribution in [-0.2, 0) is 6.54 Å². The van der Waals surface area contributed by atoms with Crippen molar-refractivity contribution in [1.82, 2.24) is 14.8 Å². The second-order valence-corrected chi connectivity index (χ2v) is 5.48. The lowest BCUT2D eigenvalue weighted by Crippen LogP contribution is -2.31. The molecule has 0 aliphatic carbocycles. The van der Waals surface area contributed by atoms with Crippen molar-refractivity contribution in [2.24, 2.45) is 5.73 Å². The van der Waals surface area contributed by atoms with E-state index in [0.717, 1.165) is 57.8 Å². The van der Waals surface area contributed by atoms with Crippen LogP contribution in [0.4, 0.5) is 4.39 Å². The molecule has 0 spiro atoms. The Bertz CT molecular complexity index is 399. The summed E-state index contributed by atoms with van der Waals surface area (Å²) in [6.07, 6.45) is 6.48. The summed E-state index contributed by atoms with van der Waals surface area (Å²) in [5.41, 5.74) is 6.49. The van der Waals surface area contributed by atoms with Crippen molar-refractivity contribution in [1.29, 1.82) is 0 Å². The van der Waals surface area contributed by atoms with Gasteiger partial charge in [0.25, 0.3) is 0 Å². The minimum Gasteiger partial charge on any atom is -0.330 e. The number of hydrogen-bond donors (Lipinski definition) is 1. The first kappa shape index (κ1) is 15.4. The zero-order valence-electron chi connectivity index (χ0n) is 12.1. The van der Waals surface area contributed by atoms with Gasteiger partial charge in [-0.05, 0) is 57.1 Å². The summed E-state index contributed by atoms with van der Waals surface area (Å²) < 4.78 is 13.1. The average molecular weight is 280 g/mol. The van der Waals surface area contributed by atoms with Crippen molar-refractivity contribution in [3.8, 4) is 0 Å². The second-order valence-electron chi connectivity index (χ2n) is 5.48. The van der Waals surface area contributed by atoms with Crippen LogP contribution in [0.5, 0.6) is 0 Å². The van der Waals surface area contributed by atoms with Crippen LogP contribution in [0.25, 0.3) is 0 Å². The van der Waals surface area contributed by atoms with E-state index in [2.05, 4.69) is 14.8 Å². The molecule has 20 heavy (non-hydrogen) atoms. The highest BCUT2D eigenvalue weighted by Gasteiger charge is 2.14. The van der Waals surface area contributed by atoms with E-state index in [1.807, 2.05) is 0 Å². The Morgan fingerprint density at radius 2 is 1.90 bits per heavy atom. The van der Waals surface area contributed by atoms with Gasteiger partial charge < -0.3 is 10.6 Å². The number of rotatable bonds is 6. The summed E-state index contributed by atoms with van der Waals surface area (Å²) in [6, 6.07) is 1.58. The molecule has 0 amide bonds. The van der Waals surface area contributed by atoms with Gasteiger partial charge in [0.1, 0.15) is 5.82 Å². The number of nitrogens with two attached hydrogens (primary N) is 1. The number of pyridine rings is 1. The van der Waals surface area contributed by atoms with Gasteiger partial charge in [-0.25, -0.2) is 4.39 Å². The first-order valence-corrected chi connectivity index (χ1v) is 7.52. The van der Waals surface area contributed by atoms with Crippen LogP contribution >= 0.6 is 0 Å². The van der Waals surface area contributed by atoms with Crippen molar-refractivity contribution < 1.29 is 4.39 Å². The molecule has 0 saturated carbocycles. The van der Waals surface area contributed by atoms with Crippen molar-refractivity contribution in [3.05, 3.63) is 29.8 Å². The van der Waals surface area contributed by atoms with Crippen molar-refractivity contribution >= 4 is 0 Å². The van der Waals surface area contributed by atoms with Crippen molar-refractivity contribution in [2.75, 3.05) is 39.3 Å². The molecule has 0 atom stereocenters. The molecule has 1 aliphatic rings. The van der Waals surface area contributed by atoms with E-state index >= 15 is 0 Å². The third-order valence-corrected chi connectivity index (χ3v) is 3.78. The van der Waals surface area contributed by atoms with Gasteiger partial charge in [-0.15, -0.1) is 0 Å². The molecule has 0 aromatic carbocycles. The summed E-state index contributed by atoms with van der Waals surface area (Å²) >= 11 is 0. The molecular formula is C15H25FN4. The van der Waals surface area contributed by atoms with Gasteiger partial charge in [0, 0.05) is 25.8 Å². The quantitative estimate of drug-likeness (QED) is 0.802. The number of aromatic nitrogens is 1. The minimum absolute atomic E-state index is 0.249. The number of nitrogens with zero attached hydrogens (tertiary/aromatic N) is 3.